The minimum atomic E-state index is -1.03. The van der Waals surface area contributed by atoms with Crippen LogP contribution in [-0.4, -0.2) is 20.4 Å². The second-order valence-electron chi connectivity index (χ2n) is 9.79. The van der Waals surface area contributed by atoms with Crippen molar-refractivity contribution in [2.24, 2.45) is 0 Å². The largest absolute Gasteiger partial charge is 0.353 e. The lowest BCUT2D eigenvalue weighted by Gasteiger charge is -2.23. The number of amides is 1. The van der Waals surface area contributed by atoms with Crippen LogP contribution >= 0.6 is 0 Å². The van der Waals surface area contributed by atoms with Crippen LogP contribution in [0.25, 0.3) is 33.3 Å². The van der Waals surface area contributed by atoms with Crippen LogP contribution in [-0.2, 0) is 4.79 Å². The third-order valence-corrected chi connectivity index (χ3v) is 7.17. The van der Waals surface area contributed by atoms with Gasteiger partial charge in [-0.25, -0.2) is 4.98 Å². The lowest BCUT2D eigenvalue weighted by molar-refractivity contribution is -0.118. The van der Waals surface area contributed by atoms with Gasteiger partial charge < -0.3 is 10.3 Å². The molecule has 0 saturated heterocycles. The second kappa shape index (κ2) is 10.0. The average molecular weight is 524 g/mol. The zero-order valence-corrected chi connectivity index (χ0v) is 22.0. The van der Waals surface area contributed by atoms with Gasteiger partial charge in [0.2, 0.25) is 0 Å². The average Bonchev–Trinajstić information content (AvgIpc) is 3.41. The van der Waals surface area contributed by atoms with Crippen molar-refractivity contribution in [3.63, 3.8) is 0 Å². The molecule has 7 nitrogen and oxygen atoms in total. The molecule has 1 unspecified atom stereocenters. The first-order valence-electron chi connectivity index (χ1n) is 12.9. The van der Waals surface area contributed by atoms with Gasteiger partial charge in [0, 0.05) is 16.6 Å². The number of anilines is 1. The number of rotatable bonds is 5. The number of para-hydroxylation sites is 4. The van der Waals surface area contributed by atoms with Crippen LogP contribution in [0.4, 0.5) is 5.69 Å². The van der Waals surface area contributed by atoms with E-state index < -0.39 is 11.6 Å². The first-order valence-corrected chi connectivity index (χ1v) is 12.9. The molecule has 1 atom stereocenters. The van der Waals surface area contributed by atoms with E-state index in [2.05, 4.69) is 16.4 Å². The molecule has 40 heavy (non-hydrogen) atoms. The Labute approximate surface area is 230 Å². The van der Waals surface area contributed by atoms with E-state index in [1.807, 2.05) is 80.6 Å². The lowest BCUT2D eigenvalue weighted by Crippen LogP contribution is -2.36. The van der Waals surface area contributed by atoms with Gasteiger partial charge >= 0.3 is 0 Å². The molecule has 6 aromatic rings. The lowest BCUT2D eigenvalue weighted by atomic mass is 10.0. The maximum atomic E-state index is 14.3. The summed E-state index contributed by atoms with van der Waals surface area (Å²) in [4.78, 5) is 36.6. The van der Waals surface area contributed by atoms with Gasteiger partial charge in [0.25, 0.3) is 11.5 Å². The summed E-state index contributed by atoms with van der Waals surface area (Å²) < 4.78 is 1.51. The van der Waals surface area contributed by atoms with Crippen LogP contribution in [0.2, 0.25) is 0 Å². The van der Waals surface area contributed by atoms with E-state index in [0.29, 0.717) is 33.5 Å². The molecule has 0 bridgehead atoms. The Morgan fingerprint density at radius 1 is 0.925 bits per heavy atom. The Hall–Kier alpha value is -5.48. The highest BCUT2D eigenvalue weighted by Gasteiger charge is 2.28. The van der Waals surface area contributed by atoms with Crippen LogP contribution in [0, 0.1) is 25.2 Å². The quantitative estimate of drug-likeness (QED) is 0.278. The zero-order chi connectivity index (χ0) is 27.8. The molecule has 0 aliphatic rings. The zero-order valence-electron chi connectivity index (χ0n) is 22.0. The van der Waals surface area contributed by atoms with Crippen molar-refractivity contribution < 1.29 is 4.79 Å². The molecular weight excluding hydrogens is 498 g/mol. The number of hydrogen-bond acceptors (Lipinski definition) is 4. The van der Waals surface area contributed by atoms with Crippen molar-refractivity contribution in [1.82, 2.24) is 14.5 Å². The first kappa shape index (κ1) is 24.8. The van der Waals surface area contributed by atoms with Gasteiger partial charge in [-0.05, 0) is 66.9 Å². The normalized spacial score (nSPS) is 11.8. The van der Waals surface area contributed by atoms with Gasteiger partial charge in [0.15, 0.2) is 5.69 Å². The fourth-order valence-corrected chi connectivity index (χ4v) is 5.15. The molecule has 4 aromatic carbocycles. The van der Waals surface area contributed by atoms with E-state index in [4.69, 9.17) is 4.98 Å². The van der Waals surface area contributed by atoms with Crippen molar-refractivity contribution in [3.8, 4) is 17.5 Å². The van der Waals surface area contributed by atoms with Gasteiger partial charge in [0.05, 0.1) is 28.4 Å². The van der Waals surface area contributed by atoms with Gasteiger partial charge in [0.1, 0.15) is 6.04 Å². The third kappa shape index (κ3) is 4.32. The molecular formula is C33H25N5O2. The maximum Gasteiger partial charge on any atom is 0.280 e. The molecule has 0 aliphatic carbocycles. The van der Waals surface area contributed by atoms with Gasteiger partial charge in [-0.15, -0.1) is 0 Å². The summed E-state index contributed by atoms with van der Waals surface area (Å²) in [6, 6.07) is 30.6. The molecule has 1 amide bonds. The number of nitriles is 1. The standard InChI is InChI=1S/C33H25N5O2/c1-20-8-7-9-21(2)29(20)37-32(39)31(23-16-14-22(19-34)15-17-23)38-28-13-6-5-12-26(28)36-30(33(38)40)27-18-24-10-3-4-11-25(24)35-27/h3-18,31,35H,1-2H3,(H,37,39). The Kier molecular flexibility index (Phi) is 6.21. The van der Waals surface area contributed by atoms with E-state index >= 15 is 0 Å². The highest BCUT2D eigenvalue weighted by molar-refractivity contribution is 5.98. The van der Waals surface area contributed by atoms with Gasteiger partial charge in [-0.3, -0.25) is 14.2 Å². The summed E-state index contributed by atoms with van der Waals surface area (Å²) in [6.07, 6.45) is 0. The summed E-state index contributed by atoms with van der Waals surface area (Å²) in [6.45, 7) is 3.86. The number of carbonyl (C=O) groups excluding carboxylic acids is 1. The Morgan fingerprint density at radius 3 is 2.35 bits per heavy atom. The molecule has 2 heterocycles. The number of nitrogens with one attached hydrogen (secondary N) is 2. The highest BCUT2D eigenvalue weighted by atomic mass is 16.2. The number of H-pyrrole nitrogens is 1. The number of carbonyl (C=O) groups is 1. The van der Waals surface area contributed by atoms with E-state index in [-0.39, 0.29) is 11.6 Å². The molecule has 6 rings (SSSR count). The van der Waals surface area contributed by atoms with Crippen LogP contribution < -0.4 is 10.9 Å². The predicted molar refractivity (Wildman–Crippen MR) is 157 cm³/mol. The van der Waals surface area contributed by atoms with Crippen molar-refractivity contribution in [2.45, 2.75) is 19.9 Å². The van der Waals surface area contributed by atoms with Crippen LogP contribution in [0.5, 0.6) is 0 Å². The Morgan fingerprint density at radius 2 is 1.62 bits per heavy atom. The van der Waals surface area contributed by atoms with Crippen LogP contribution in [0.3, 0.4) is 0 Å². The number of hydrogen-bond donors (Lipinski definition) is 2. The Bertz CT molecular complexity index is 1960. The van der Waals surface area contributed by atoms with Crippen LogP contribution in [0.15, 0.2) is 102 Å². The van der Waals surface area contributed by atoms with Crippen molar-refractivity contribution >= 4 is 33.5 Å². The van der Waals surface area contributed by atoms with E-state index in [1.165, 1.54) is 4.57 Å². The van der Waals surface area contributed by atoms with E-state index in [1.54, 1.807) is 30.3 Å². The summed E-state index contributed by atoms with van der Waals surface area (Å²) in [5.41, 5.74) is 5.93. The van der Waals surface area contributed by atoms with Crippen molar-refractivity contribution in [2.75, 3.05) is 5.32 Å². The molecule has 0 spiro atoms. The fraction of sp³-hybridized carbons (Fsp3) is 0.0909. The van der Waals surface area contributed by atoms with Gasteiger partial charge in [-0.1, -0.05) is 60.7 Å². The highest BCUT2D eigenvalue weighted by Crippen LogP contribution is 2.28. The topological polar surface area (TPSA) is 104 Å². The number of aromatic amines is 1. The molecule has 0 fully saturated rings. The van der Waals surface area contributed by atoms with E-state index in [0.717, 1.165) is 22.0 Å². The summed E-state index contributed by atoms with van der Waals surface area (Å²) in [7, 11) is 0. The molecule has 0 aliphatic heterocycles. The maximum absolute atomic E-state index is 14.3. The fourth-order valence-electron chi connectivity index (χ4n) is 5.15. The predicted octanol–water partition coefficient (Wildman–Crippen LogP) is 6.26. The smallest absolute Gasteiger partial charge is 0.280 e. The number of benzene rings is 4. The molecule has 2 aromatic heterocycles. The number of nitrogens with zero attached hydrogens (tertiary/aromatic N) is 3. The third-order valence-electron chi connectivity index (χ3n) is 7.17. The summed E-state index contributed by atoms with van der Waals surface area (Å²) >= 11 is 0. The molecule has 0 radical (unpaired) electrons. The minimum Gasteiger partial charge on any atom is -0.353 e. The van der Waals surface area contributed by atoms with E-state index in [9.17, 15) is 14.9 Å². The minimum absolute atomic E-state index is 0.216. The molecule has 194 valence electrons. The second-order valence-corrected chi connectivity index (χ2v) is 9.79. The molecule has 0 saturated carbocycles. The van der Waals surface area contributed by atoms with Gasteiger partial charge in [-0.2, -0.15) is 5.26 Å². The summed E-state index contributed by atoms with van der Waals surface area (Å²) in [5, 5.41) is 13.4. The first-order chi connectivity index (χ1) is 19.4. The molecule has 7 heteroatoms. The summed E-state index contributed by atoms with van der Waals surface area (Å²) in [5.74, 6) is -0.372. The molecule has 2 N–H and O–H groups in total. The Balaban J connectivity index is 1.61. The van der Waals surface area contributed by atoms with Crippen molar-refractivity contribution in [3.05, 3.63) is 130 Å². The van der Waals surface area contributed by atoms with Crippen molar-refractivity contribution in [1.29, 1.82) is 5.26 Å². The SMILES string of the molecule is Cc1cccc(C)c1NC(=O)C(c1ccc(C#N)cc1)n1c(=O)c(-c2cc3ccccc3[nH]2)nc2ccccc21. The number of aryl methyl sites for hydroxylation is 2. The number of aromatic nitrogens is 3. The van der Waals surface area contributed by atoms with Crippen LogP contribution in [0.1, 0.15) is 28.3 Å². The number of fused-ring (bicyclic) bond motifs is 2. The monoisotopic (exact) mass is 523 g/mol.